The monoisotopic (exact) mass is 484 g/mol. The number of carbonyl (C=O) groups is 1. The zero-order valence-electron chi connectivity index (χ0n) is 19.7. The number of amidine groups is 1. The summed E-state index contributed by atoms with van der Waals surface area (Å²) in [5.74, 6) is 0.00243. The van der Waals surface area contributed by atoms with Crippen LogP contribution in [0.1, 0.15) is 11.1 Å². The molecular weight excluding hydrogens is 460 g/mol. The summed E-state index contributed by atoms with van der Waals surface area (Å²) in [6, 6.07) is 39.1. The third-order valence-electron chi connectivity index (χ3n) is 6.42. The molecule has 1 saturated heterocycles. The summed E-state index contributed by atoms with van der Waals surface area (Å²) in [6.07, 6.45) is 2.83. The van der Waals surface area contributed by atoms with E-state index < -0.39 is 0 Å². The number of hydrogen-bond acceptors (Lipinski definition) is 3. The summed E-state index contributed by atoms with van der Waals surface area (Å²) in [4.78, 5) is 21.1. The average Bonchev–Trinajstić information content (AvgIpc) is 3.21. The Morgan fingerprint density at radius 1 is 0.722 bits per heavy atom. The fourth-order valence-corrected chi connectivity index (χ4v) is 5.63. The predicted molar refractivity (Wildman–Crippen MR) is 152 cm³/mol. The standard InChI is InChI=1S/C32H24N2OS/c35-31-30(22-29-27-17-9-7-13-24(27)21-25-14-8-10-18-28(25)29)36-32(33-26-15-5-2-6-16-26)34(31)20-19-23-11-3-1-4-12-23/h1-18,21-22H,19-20H2/b30-22+,33-32?. The lowest BCUT2D eigenvalue weighted by molar-refractivity contribution is -0.122. The quantitative estimate of drug-likeness (QED) is 0.188. The molecule has 1 amide bonds. The number of rotatable bonds is 5. The van der Waals surface area contributed by atoms with Gasteiger partial charge < -0.3 is 0 Å². The molecule has 3 nitrogen and oxygen atoms in total. The van der Waals surface area contributed by atoms with E-state index in [9.17, 15) is 4.79 Å². The molecule has 5 aromatic rings. The summed E-state index contributed by atoms with van der Waals surface area (Å²) in [7, 11) is 0. The minimum absolute atomic E-state index is 0.00243. The minimum Gasteiger partial charge on any atom is -0.286 e. The first-order chi connectivity index (χ1) is 17.8. The second kappa shape index (κ2) is 9.84. The third-order valence-corrected chi connectivity index (χ3v) is 7.43. The van der Waals surface area contributed by atoms with Gasteiger partial charge in [-0.25, -0.2) is 4.99 Å². The number of nitrogens with zero attached hydrogens (tertiary/aromatic N) is 2. The molecule has 0 saturated carbocycles. The second-order valence-corrected chi connectivity index (χ2v) is 9.77. The van der Waals surface area contributed by atoms with Gasteiger partial charge in [-0.05, 0) is 75.1 Å². The van der Waals surface area contributed by atoms with Gasteiger partial charge in [0, 0.05) is 6.54 Å². The van der Waals surface area contributed by atoms with Gasteiger partial charge in [0.2, 0.25) is 0 Å². The van der Waals surface area contributed by atoms with E-state index in [1.165, 1.54) is 17.3 Å². The predicted octanol–water partition coefficient (Wildman–Crippen LogP) is 7.84. The lowest BCUT2D eigenvalue weighted by Gasteiger charge is -2.15. The van der Waals surface area contributed by atoms with Crippen molar-refractivity contribution in [1.29, 1.82) is 0 Å². The van der Waals surface area contributed by atoms with Gasteiger partial charge in [-0.2, -0.15) is 0 Å². The normalized spacial score (nSPS) is 16.0. The summed E-state index contributed by atoms with van der Waals surface area (Å²) in [5.41, 5.74) is 3.12. The molecule has 0 bridgehead atoms. The molecule has 1 fully saturated rings. The smallest absolute Gasteiger partial charge is 0.266 e. The highest BCUT2D eigenvalue weighted by Crippen LogP contribution is 2.37. The molecule has 1 aliphatic heterocycles. The van der Waals surface area contributed by atoms with Gasteiger partial charge >= 0.3 is 0 Å². The van der Waals surface area contributed by atoms with Crippen LogP contribution in [0.25, 0.3) is 27.6 Å². The van der Waals surface area contributed by atoms with Crippen LogP contribution in [-0.2, 0) is 11.2 Å². The summed E-state index contributed by atoms with van der Waals surface area (Å²) >= 11 is 1.46. The van der Waals surface area contributed by atoms with Gasteiger partial charge in [0.05, 0.1) is 10.6 Å². The van der Waals surface area contributed by atoms with Crippen LogP contribution in [0.5, 0.6) is 0 Å². The molecule has 1 heterocycles. The van der Waals surface area contributed by atoms with Crippen molar-refractivity contribution in [3.63, 3.8) is 0 Å². The van der Waals surface area contributed by atoms with Crippen LogP contribution >= 0.6 is 11.8 Å². The number of benzene rings is 5. The van der Waals surface area contributed by atoms with E-state index in [2.05, 4.69) is 72.8 Å². The molecule has 0 radical (unpaired) electrons. The largest absolute Gasteiger partial charge is 0.286 e. The Balaban J connectivity index is 1.44. The van der Waals surface area contributed by atoms with E-state index in [0.29, 0.717) is 11.4 Å². The first kappa shape index (κ1) is 22.3. The van der Waals surface area contributed by atoms with Crippen LogP contribution in [-0.4, -0.2) is 22.5 Å². The molecule has 0 atom stereocenters. The van der Waals surface area contributed by atoms with E-state index >= 15 is 0 Å². The van der Waals surface area contributed by atoms with Crippen molar-refractivity contribution in [2.24, 2.45) is 4.99 Å². The molecule has 0 aliphatic carbocycles. The highest BCUT2D eigenvalue weighted by Gasteiger charge is 2.33. The van der Waals surface area contributed by atoms with Crippen molar-refractivity contribution in [2.75, 3.05) is 6.54 Å². The Hall–Kier alpha value is -4.15. The fraction of sp³-hybridized carbons (Fsp3) is 0.0625. The fourth-order valence-electron chi connectivity index (χ4n) is 4.62. The van der Waals surface area contributed by atoms with Crippen LogP contribution in [0.15, 0.2) is 125 Å². The van der Waals surface area contributed by atoms with Gasteiger partial charge in [0.15, 0.2) is 5.17 Å². The van der Waals surface area contributed by atoms with E-state index in [4.69, 9.17) is 4.99 Å². The number of amides is 1. The Bertz CT molecular complexity index is 1570. The van der Waals surface area contributed by atoms with Gasteiger partial charge in [0.1, 0.15) is 0 Å². The first-order valence-corrected chi connectivity index (χ1v) is 12.9. The maximum atomic E-state index is 13.8. The molecule has 174 valence electrons. The highest BCUT2D eigenvalue weighted by molar-refractivity contribution is 8.18. The zero-order valence-corrected chi connectivity index (χ0v) is 20.5. The van der Waals surface area contributed by atoms with Crippen LogP contribution in [0.4, 0.5) is 5.69 Å². The number of fused-ring (bicyclic) bond motifs is 2. The number of para-hydroxylation sites is 1. The lowest BCUT2D eigenvalue weighted by Crippen LogP contribution is -2.31. The van der Waals surface area contributed by atoms with E-state index in [1.807, 2.05) is 53.4 Å². The molecule has 1 aliphatic rings. The van der Waals surface area contributed by atoms with Crippen LogP contribution in [0, 0.1) is 0 Å². The molecule has 0 spiro atoms. The van der Waals surface area contributed by atoms with Gasteiger partial charge in [0.25, 0.3) is 5.91 Å². The third kappa shape index (κ3) is 4.43. The Morgan fingerprint density at radius 3 is 1.97 bits per heavy atom. The van der Waals surface area contributed by atoms with Crippen molar-refractivity contribution in [3.05, 3.63) is 131 Å². The number of hydrogen-bond donors (Lipinski definition) is 0. The average molecular weight is 485 g/mol. The minimum atomic E-state index is 0.00243. The van der Waals surface area contributed by atoms with Crippen LogP contribution in [0.3, 0.4) is 0 Å². The Morgan fingerprint density at radius 2 is 1.31 bits per heavy atom. The van der Waals surface area contributed by atoms with Crippen LogP contribution in [0.2, 0.25) is 0 Å². The SMILES string of the molecule is O=C1/C(=C\c2c3ccccc3cc3ccccc23)SC(=Nc2ccccc2)N1CCc1ccccc1. The number of thioether (sulfide) groups is 1. The van der Waals surface area contributed by atoms with Crippen molar-refractivity contribution in [2.45, 2.75) is 6.42 Å². The number of carbonyl (C=O) groups excluding carboxylic acids is 1. The maximum absolute atomic E-state index is 13.8. The Labute approximate surface area is 214 Å². The molecule has 6 rings (SSSR count). The topological polar surface area (TPSA) is 32.7 Å². The highest BCUT2D eigenvalue weighted by atomic mass is 32.2. The summed E-state index contributed by atoms with van der Waals surface area (Å²) in [5, 5.41) is 5.33. The van der Waals surface area contributed by atoms with E-state index in [1.54, 1.807) is 0 Å². The first-order valence-electron chi connectivity index (χ1n) is 12.1. The molecule has 0 N–H and O–H groups in total. The van der Waals surface area contributed by atoms with Crippen molar-refractivity contribution < 1.29 is 4.79 Å². The molecule has 36 heavy (non-hydrogen) atoms. The van der Waals surface area contributed by atoms with Crippen LogP contribution < -0.4 is 0 Å². The lowest BCUT2D eigenvalue weighted by atomic mass is 9.96. The molecule has 4 heteroatoms. The van der Waals surface area contributed by atoms with Gasteiger partial charge in [-0.3, -0.25) is 9.69 Å². The molecular formula is C32H24N2OS. The second-order valence-electron chi connectivity index (χ2n) is 8.77. The van der Waals surface area contributed by atoms with E-state index in [-0.39, 0.29) is 5.91 Å². The molecule has 0 unspecified atom stereocenters. The number of aliphatic imine (C=N–C) groups is 1. The van der Waals surface area contributed by atoms with Crippen molar-refractivity contribution >= 4 is 56.1 Å². The van der Waals surface area contributed by atoms with Crippen molar-refractivity contribution in [1.82, 2.24) is 4.90 Å². The summed E-state index contributed by atoms with van der Waals surface area (Å²) < 4.78 is 0. The molecule has 5 aromatic carbocycles. The maximum Gasteiger partial charge on any atom is 0.266 e. The molecule has 0 aromatic heterocycles. The van der Waals surface area contributed by atoms with Gasteiger partial charge in [-0.1, -0.05) is 97.1 Å². The summed E-state index contributed by atoms with van der Waals surface area (Å²) in [6.45, 7) is 0.579. The Kier molecular flexibility index (Phi) is 6.10. The zero-order chi connectivity index (χ0) is 24.3. The van der Waals surface area contributed by atoms with Gasteiger partial charge in [-0.15, -0.1) is 0 Å². The van der Waals surface area contributed by atoms with Crippen molar-refractivity contribution in [3.8, 4) is 0 Å². The van der Waals surface area contributed by atoms with E-state index in [0.717, 1.165) is 44.4 Å².